The first kappa shape index (κ1) is 28.4. The largest absolute Gasteiger partial charge is 0.334 e. The Labute approximate surface area is 258 Å². The van der Waals surface area contributed by atoms with Crippen LogP contribution in [-0.2, 0) is 13.1 Å². The van der Waals surface area contributed by atoms with Crippen LogP contribution >= 0.6 is 22.9 Å². The van der Waals surface area contributed by atoms with Gasteiger partial charge < -0.3 is 14.8 Å². The fraction of sp³-hybridized carbons (Fsp3) is 0.121. The number of rotatable bonds is 6. The van der Waals surface area contributed by atoms with Crippen molar-refractivity contribution in [1.82, 2.24) is 15.0 Å². The third-order valence-corrected chi connectivity index (χ3v) is 8.74. The summed E-state index contributed by atoms with van der Waals surface area (Å²) >= 11 is 8.26. The van der Waals surface area contributed by atoms with Crippen LogP contribution in [0, 0.1) is 0 Å². The molecule has 3 amide bonds. The third kappa shape index (κ3) is 5.46. The summed E-state index contributed by atoms with van der Waals surface area (Å²) in [5, 5.41) is 6.54. The van der Waals surface area contributed by atoms with E-state index < -0.39 is 0 Å². The van der Waals surface area contributed by atoms with Gasteiger partial charge in [0.05, 0.1) is 23.7 Å². The van der Waals surface area contributed by atoms with Gasteiger partial charge in [-0.1, -0.05) is 54.1 Å². The Morgan fingerprint density at radius 2 is 1.67 bits per heavy atom. The topological polar surface area (TPSA) is 86.7 Å². The lowest BCUT2D eigenvalue weighted by molar-refractivity contribution is 0.0724. The lowest BCUT2D eigenvalue weighted by Gasteiger charge is -2.23. The van der Waals surface area contributed by atoms with Gasteiger partial charge in [-0.25, -0.2) is 5.43 Å². The lowest BCUT2D eigenvalue weighted by atomic mass is 10.1. The highest BCUT2D eigenvalue weighted by Gasteiger charge is 2.29. The predicted molar refractivity (Wildman–Crippen MR) is 171 cm³/mol. The molecule has 8 nitrogen and oxygen atoms in total. The average molecular weight is 610 g/mol. The summed E-state index contributed by atoms with van der Waals surface area (Å²) in [7, 11) is 3.35. The predicted octanol–water partition coefficient (Wildman–Crippen LogP) is 6.54. The second-order valence-corrected chi connectivity index (χ2v) is 11.4. The first-order chi connectivity index (χ1) is 20.9. The molecule has 0 bridgehead atoms. The highest BCUT2D eigenvalue weighted by atomic mass is 35.5. The molecule has 1 aliphatic rings. The van der Waals surface area contributed by atoms with E-state index in [1.54, 1.807) is 60.7 Å². The van der Waals surface area contributed by atoms with Gasteiger partial charge in [-0.2, -0.15) is 0 Å². The number of hydrazine groups is 1. The Hall–Kier alpha value is -4.70. The lowest BCUT2D eigenvalue weighted by Crippen LogP contribution is -2.38. The summed E-state index contributed by atoms with van der Waals surface area (Å²) in [6.45, 7) is 0.688. The highest BCUT2D eigenvalue weighted by Crippen LogP contribution is 2.33. The number of aromatic nitrogens is 1. The molecule has 2 aromatic heterocycles. The maximum atomic E-state index is 14.0. The van der Waals surface area contributed by atoms with Crippen molar-refractivity contribution in [3.8, 4) is 10.4 Å². The SMILES string of the molecule is CNN(C)C(=O)c1ccc2n1Cc1ccccc1N(C(=O)c1ccc(NC(=O)c3ccccc3-c3cccs3)cc1Cl)C2. The van der Waals surface area contributed by atoms with Crippen molar-refractivity contribution in [3.05, 3.63) is 129 Å². The summed E-state index contributed by atoms with van der Waals surface area (Å²) in [6, 6.07) is 27.6. The first-order valence-electron chi connectivity index (χ1n) is 13.6. The molecule has 2 N–H and O–H groups in total. The van der Waals surface area contributed by atoms with Gasteiger partial charge in [-0.05, 0) is 59.5 Å². The third-order valence-electron chi connectivity index (χ3n) is 7.52. The summed E-state index contributed by atoms with van der Waals surface area (Å²) in [4.78, 5) is 43.0. The van der Waals surface area contributed by atoms with Gasteiger partial charge in [0.2, 0.25) is 0 Å². The van der Waals surface area contributed by atoms with E-state index in [-0.39, 0.29) is 29.3 Å². The molecule has 3 heterocycles. The Balaban J connectivity index is 1.28. The van der Waals surface area contributed by atoms with Crippen LogP contribution in [-0.4, -0.2) is 41.4 Å². The number of carbonyl (C=O) groups is 3. The maximum absolute atomic E-state index is 14.0. The number of para-hydroxylation sites is 1. The summed E-state index contributed by atoms with van der Waals surface area (Å²) < 4.78 is 1.94. The molecule has 0 spiro atoms. The van der Waals surface area contributed by atoms with Gasteiger partial charge >= 0.3 is 0 Å². The number of fused-ring (bicyclic) bond motifs is 2. The molecule has 1 aliphatic heterocycles. The van der Waals surface area contributed by atoms with Crippen molar-refractivity contribution < 1.29 is 14.4 Å². The molecule has 0 atom stereocenters. The number of halogens is 1. The minimum Gasteiger partial charge on any atom is -0.334 e. The van der Waals surface area contributed by atoms with Crippen LogP contribution < -0.4 is 15.6 Å². The van der Waals surface area contributed by atoms with Gasteiger partial charge in [0, 0.05) is 47.2 Å². The van der Waals surface area contributed by atoms with Crippen molar-refractivity contribution in [2.24, 2.45) is 0 Å². The van der Waals surface area contributed by atoms with Gasteiger partial charge in [-0.15, -0.1) is 11.3 Å². The molecule has 10 heteroatoms. The molecule has 0 aliphatic carbocycles. The Morgan fingerprint density at radius 1 is 0.884 bits per heavy atom. The molecule has 0 unspecified atom stereocenters. The van der Waals surface area contributed by atoms with E-state index in [0.717, 1.165) is 27.4 Å². The summed E-state index contributed by atoms with van der Waals surface area (Å²) in [6.07, 6.45) is 0. The molecule has 5 aromatic rings. The number of carbonyl (C=O) groups excluding carboxylic acids is 3. The van der Waals surface area contributed by atoms with Crippen LogP contribution in [0.1, 0.15) is 42.5 Å². The van der Waals surface area contributed by atoms with Gasteiger partial charge in [0.15, 0.2) is 0 Å². The fourth-order valence-corrected chi connectivity index (χ4v) is 6.27. The maximum Gasteiger partial charge on any atom is 0.284 e. The quantitative estimate of drug-likeness (QED) is 0.214. The monoisotopic (exact) mass is 609 g/mol. The standard InChI is InChI=1S/C33H28ClN5O3S/c1-35-37(2)33(42)29-16-14-23-20-39(28-11-6-3-8-21(28)19-38(23)29)32(41)26-15-13-22(18-27(26)34)36-31(40)25-10-5-4-9-24(25)30-12-7-17-43-30/h3-18,35H,19-20H2,1-2H3,(H,36,40). The molecule has 0 saturated heterocycles. The minimum absolute atomic E-state index is 0.176. The first-order valence-corrected chi connectivity index (χ1v) is 14.9. The summed E-state index contributed by atoms with van der Waals surface area (Å²) in [5.41, 5.74) is 8.02. The Morgan fingerprint density at radius 3 is 2.44 bits per heavy atom. The van der Waals surface area contributed by atoms with Crippen LogP contribution in [0.3, 0.4) is 0 Å². The van der Waals surface area contributed by atoms with Crippen LogP contribution in [0.2, 0.25) is 5.02 Å². The number of hydrogen-bond donors (Lipinski definition) is 2. The van der Waals surface area contributed by atoms with Gasteiger partial charge in [0.25, 0.3) is 17.7 Å². The number of amides is 3. The average Bonchev–Trinajstić information content (AvgIpc) is 3.67. The van der Waals surface area contributed by atoms with Gasteiger partial charge in [0.1, 0.15) is 5.69 Å². The van der Waals surface area contributed by atoms with Crippen molar-refractivity contribution in [1.29, 1.82) is 0 Å². The number of hydrogen-bond acceptors (Lipinski definition) is 5. The van der Waals surface area contributed by atoms with Crippen molar-refractivity contribution >= 4 is 52.0 Å². The van der Waals surface area contributed by atoms with E-state index in [4.69, 9.17) is 11.6 Å². The zero-order chi connectivity index (χ0) is 30.1. The van der Waals surface area contributed by atoms with E-state index in [1.165, 1.54) is 5.01 Å². The molecule has 43 heavy (non-hydrogen) atoms. The molecule has 6 rings (SSSR count). The van der Waals surface area contributed by atoms with Crippen molar-refractivity contribution in [2.45, 2.75) is 13.1 Å². The number of benzene rings is 3. The fourth-order valence-electron chi connectivity index (χ4n) is 5.24. The van der Waals surface area contributed by atoms with Crippen LogP contribution in [0.5, 0.6) is 0 Å². The molecule has 0 fully saturated rings. The van der Waals surface area contributed by atoms with E-state index in [1.807, 2.05) is 70.6 Å². The number of anilines is 2. The molecule has 216 valence electrons. The zero-order valence-corrected chi connectivity index (χ0v) is 25.1. The van der Waals surface area contributed by atoms with E-state index >= 15 is 0 Å². The Kier molecular flexibility index (Phi) is 7.86. The normalized spacial score (nSPS) is 12.2. The van der Waals surface area contributed by atoms with E-state index in [0.29, 0.717) is 29.1 Å². The number of thiophene rings is 1. The van der Waals surface area contributed by atoms with Crippen molar-refractivity contribution in [3.63, 3.8) is 0 Å². The number of nitrogens with zero attached hydrogens (tertiary/aromatic N) is 3. The van der Waals surface area contributed by atoms with Crippen LogP contribution in [0.15, 0.2) is 96.4 Å². The second kappa shape index (κ2) is 11.9. The van der Waals surface area contributed by atoms with Crippen LogP contribution in [0.25, 0.3) is 10.4 Å². The van der Waals surface area contributed by atoms with Crippen molar-refractivity contribution in [2.75, 3.05) is 24.3 Å². The summed E-state index contributed by atoms with van der Waals surface area (Å²) in [5.74, 6) is -0.728. The molecular weight excluding hydrogens is 582 g/mol. The molecule has 0 saturated carbocycles. The zero-order valence-electron chi connectivity index (χ0n) is 23.5. The van der Waals surface area contributed by atoms with Gasteiger partial charge in [-0.3, -0.25) is 19.4 Å². The molecule has 3 aromatic carbocycles. The molecule has 0 radical (unpaired) electrons. The Bertz CT molecular complexity index is 1850. The van der Waals surface area contributed by atoms with E-state index in [9.17, 15) is 14.4 Å². The highest BCUT2D eigenvalue weighted by molar-refractivity contribution is 7.13. The number of nitrogens with one attached hydrogen (secondary N) is 2. The second-order valence-electron chi connectivity index (χ2n) is 10.1. The van der Waals surface area contributed by atoms with Crippen LogP contribution in [0.4, 0.5) is 11.4 Å². The minimum atomic E-state index is -0.284. The van der Waals surface area contributed by atoms with E-state index in [2.05, 4.69) is 10.7 Å². The smallest absolute Gasteiger partial charge is 0.284 e. The molecular formula is C33H28ClN5O3S.